The van der Waals surface area contributed by atoms with Crippen LogP contribution in [0.15, 0.2) is 6.20 Å². The van der Waals surface area contributed by atoms with E-state index in [0.29, 0.717) is 4.88 Å². The molecule has 1 N–H and O–H groups in total. The van der Waals surface area contributed by atoms with Crippen LogP contribution in [0.5, 0.6) is 0 Å². The number of alkyl halides is 3. The molecule has 1 aromatic heterocycles. The van der Waals surface area contributed by atoms with Crippen LogP contribution in [0.4, 0.5) is 13.2 Å². The Morgan fingerprint density at radius 3 is 2.50 bits per heavy atom. The summed E-state index contributed by atoms with van der Waals surface area (Å²) < 4.78 is 37.0. The van der Waals surface area contributed by atoms with Crippen molar-refractivity contribution in [2.45, 2.75) is 38.4 Å². The standard InChI is InChI=1S/C10H15F3N2S/c1-6(4-7(2)14-3)8-5-15-9(16-8)10(11,12)13/h5-7,14H,4H2,1-3H3. The lowest BCUT2D eigenvalue weighted by atomic mass is 10.0. The van der Waals surface area contributed by atoms with Crippen LogP contribution in [0.1, 0.15) is 36.1 Å². The molecule has 0 aliphatic heterocycles. The van der Waals surface area contributed by atoms with E-state index >= 15 is 0 Å². The quantitative estimate of drug-likeness (QED) is 0.889. The molecule has 1 aromatic rings. The second kappa shape index (κ2) is 5.14. The fourth-order valence-electron chi connectivity index (χ4n) is 1.41. The zero-order valence-electron chi connectivity index (χ0n) is 9.43. The second-order valence-corrected chi connectivity index (χ2v) is 4.95. The van der Waals surface area contributed by atoms with Crippen LogP contribution < -0.4 is 5.32 Å². The molecule has 0 bridgehead atoms. The first-order chi connectivity index (χ1) is 7.34. The minimum atomic E-state index is -4.32. The van der Waals surface area contributed by atoms with Crippen LogP contribution >= 0.6 is 11.3 Å². The monoisotopic (exact) mass is 252 g/mol. The maximum Gasteiger partial charge on any atom is 0.443 e. The largest absolute Gasteiger partial charge is 0.443 e. The van der Waals surface area contributed by atoms with E-state index in [9.17, 15) is 13.2 Å². The molecule has 0 spiro atoms. The van der Waals surface area contributed by atoms with Gasteiger partial charge in [-0.1, -0.05) is 6.92 Å². The average Bonchev–Trinajstić information content (AvgIpc) is 2.65. The Labute approximate surface area is 96.9 Å². The van der Waals surface area contributed by atoms with E-state index in [4.69, 9.17) is 0 Å². The van der Waals surface area contributed by atoms with E-state index < -0.39 is 11.2 Å². The van der Waals surface area contributed by atoms with Gasteiger partial charge in [0.25, 0.3) is 0 Å². The number of thiazole rings is 1. The van der Waals surface area contributed by atoms with Crippen molar-refractivity contribution in [2.75, 3.05) is 7.05 Å². The van der Waals surface area contributed by atoms with Crippen molar-refractivity contribution in [1.82, 2.24) is 10.3 Å². The first-order valence-electron chi connectivity index (χ1n) is 5.04. The number of halogens is 3. The lowest BCUT2D eigenvalue weighted by Crippen LogP contribution is -2.22. The third-order valence-corrected chi connectivity index (χ3v) is 3.73. The first-order valence-corrected chi connectivity index (χ1v) is 5.86. The Bertz CT molecular complexity index is 335. The summed E-state index contributed by atoms with van der Waals surface area (Å²) in [5.41, 5.74) is 0. The van der Waals surface area contributed by atoms with Crippen LogP contribution in [0.25, 0.3) is 0 Å². The van der Waals surface area contributed by atoms with Gasteiger partial charge in [-0.05, 0) is 26.3 Å². The van der Waals surface area contributed by atoms with E-state index in [1.807, 2.05) is 20.9 Å². The van der Waals surface area contributed by atoms with Gasteiger partial charge >= 0.3 is 6.18 Å². The van der Waals surface area contributed by atoms with Gasteiger partial charge in [-0.2, -0.15) is 13.2 Å². The highest BCUT2D eigenvalue weighted by molar-refractivity contribution is 7.11. The Balaban J connectivity index is 2.71. The molecular weight excluding hydrogens is 237 g/mol. The topological polar surface area (TPSA) is 24.9 Å². The summed E-state index contributed by atoms with van der Waals surface area (Å²) in [5, 5.41) is 2.31. The fourth-order valence-corrected chi connectivity index (χ4v) is 2.26. The van der Waals surface area contributed by atoms with Gasteiger partial charge in [0.15, 0.2) is 5.01 Å². The molecular formula is C10H15F3N2S. The predicted molar refractivity (Wildman–Crippen MR) is 58.7 cm³/mol. The smallest absolute Gasteiger partial charge is 0.317 e. The molecule has 2 nitrogen and oxygen atoms in total. The molecule has 0 fully saturated rings. The van der Waals surface area contributed by atoms with Crippen molar-refractivity contribution in [3.05, 3.63) is 16.1 Å². The Morgan fingerprint density at radius 2 is 2.06 bits per heavy atom. The molecule has 1 rings (SSSR count). The lowest BCUT2D eigenvalue weighted by molar-refractivity contribution is -0.137. The normalized spacial score (nSPS) is 16.1. The van der Waals surface area contributed by atoms with Gasteiger partial charge in [-0.25, -0.2) is 4.98 Å². The van der Waals surface area contributed by atoms with E-state index in [2.05, 4.69) is 10.3 Å². The fraction of sp³-hybridized carbons (Fsp3) is 0.700. The summed E-state index contributed by atoms with van der Waals surface area (Å²) in [6.45, 7) is 3.92. The van der Waals surface area contributed by atoms with Crippen LogP contribution in [0.2, 0.25) is 0 Å². The molecule has 0 radical (unpaired) electrons. The van der Waals surface area contributed by atoms with Crippen LogP contribution in [0, 0.1) is 0 Å². The summed E-state index contributed by atoms with van der Waals surface area (Å²) >= 11 is 0.737. The van der Waals surface area contributed by atoms with E-state index in [1.54, 1.807) is 0 Å². The molecule has 0 saturated carbocycles. The molecule has 0 saturated heterocycles. The minimum absolute atomic E-state index is 0.0936. The number of nitrogens with zero attached hydrogens (tertiary/aromatic N) is 1. The van der Waals surface area contributed by atoms with Crippen LogP contribution in [0.3, 0.4) is 0 Å². The molecule has 6 heteroatoms. The average molecular weight is 252 g/mol. The zero-order valence-corrected chi connectivity index (χ0v) is 10.2. The number of hydrogen-bond acceptors (Lipinski definition) is 3. The van der Waals surface area contributed by atoms with Gasteiger partial charge in [-0.15, -0.1) is 11.3 Å². The number of aromatic nitrogens is 1. The molecule has 1 heterocycles. The summed E-state index contributed by atoms with van der Waals surface area (Å²) in [5.74, 6) is 0.0936. The van der Waals surface area contributed by atoms with Crippen molar-refractivity contribution in [1.29, 1.82) is 0 Å². The molecule has 2 unspecified atom stereocenters. The minimum Gasteiger partial charge on any atom is -0.317 e. The van der Waals surface area contributed by atoms with Crippen molar-refractivity contribution in [3.63, 3.8) is 0 Å². The Hall–Kier alpha value is -0.620. The molecule has 2 atom stereocenters. The number of nitrogens with one attached hydrogen (secondary N) is 1. The number of hydrogen-bond donors (Lipinski definition) is 1. The highest BCUT2D eigenvalue weighted by Crippen LogP contribution is 2.35. The van der Waals surface area contributed by atoms with Crippen molar-refractivity contribution in [3.8, 4) is 0 Å². The summed E-state index contributed by atoms with van der Waals surface area (Å²) in [6.07, 6.45) is -2.19. The third kappa shape index (κ3) is 3.45. The second-order valence-electron chi connectivity index (χ2n) is 3.89. The summed E-state index contributed by atoms with van der Waals surface area (Å²) in [7, 11) is 1.84. The highest BCUT2D eigenvalue weighted by Gasteiger charge is 2.34. The SMILES string of the molecule is CNC(C)CC(C)c1cnc(C(F)(F)F)s1. The maximum absolute atomic E-state index is 12.3. The van der Waals surface area contributed by atoms with Crippen molar-refractivity contribution < 1.29 is 13.2 Å². The first kappa shape index (κ1) is 13.4. The van der Waals surface area contributed by atoms with Gasteiger partial charge in [0.05, 0.1) is 0 Å². The van der Waals surface area contributed by atoms with Crippen LogP contribution in [-0.2, 0) is 6.18 Å². The predicted octanol–water partition coefficient (Wildman–Crippen LogP) is 3.26. The van der Waals surface area contributed by atoms with E-state index in [1.165, 1.54) is 6.20 Å². The molecule has 16 heavy (non-hydrogen) atoms. The van der Waals surface area contributed by atoms with Gasteiger partial charge < -0.3 is 5.32 Å². The maximum atomic E-state index is 12.3. The van der Waals surface area contributed by atoms with Gasteiger partial charge in [-0.3, -0.25) is 0 Å². The van der Waals surface area contributed by atoms with Crippen molar-refractivity contribution in [2.24, 2.45) is 0 Å². The van der Waals surface area contributed by atoms with Gasteiger partial charge in [0.2, 0.25) is 0 Å². The molecule has 0 aliphatic rings. The third-order valence-electron chi connectivity index (χ3n) is 2.45. The van der Waals surface area contributed by atoms with E-state index in [-0.39, 0.29) is 12.0 Å². The van der Waals surface area contributed by atoms with Gasteiger partial charge in [0, 0.05) is 17.1 Å². The van der Waals surface area contributed by atoms with Crippen molar-refractivity contribution >= 4 is 11.3 Å². The molecule has 0 aliphatic carbocycles. The number of rotatable bonds is 4. The molecule has 0 aromatic carbocycles. The summed E-state index contributed by atoms with van der Waals surface area (Å²) in [4.78, 5) is 4.10. The molecule has 92 valence electrons. The summed E-state index contributed by atoms with van der Waals surface area (Å²) in [6, 6.07) is 0.284. The Morgan fingerprint density at radius 1 is 1.44 bits per heavy atom. The van der Waals surface area contributed by atoms with E-state index in [0.717, 1.165) is 17.8 Å². The van der Waals surface area contributed by atoms with Gasteiger partial charge in [0.1, 0.15) is 0 Å². The molecule has 0 amide bonds. The zero-order chi connectivity index (χ0) is 12.3. The Kier molecular flexibility index (Phi) is 4.32. The highest BCUT2D eigenvalue weighted by atomic mass is 32.1. The lowest BCUT2D eigenvalue weighted by Gasteiger charge is -2.14. The van der Waals surface area contributed by atoms with Crippen LogP contribution in [-0.4, -0.2) is 18.1 Å².